The number of carboxylic acid groups (broad SMARTS) is 1. The van der Waals surface area contributed by atoms with Crippen LogP contribution in [0.2, 0.25) is 0 Å². The predicted molar refractivity (Wildman–Crippen MR) is 174 cm³/mol. The second kappa shape index (κ2) is 19.0. The number of imide groups is 1. The Bertz CT molecular complexity index is 1590. The van der Waals surface area contributed by atoms with Gasteiger partial charge in [0, 0.05) is 43.3 Å². The summed E-state index contributed by atoms with van der Waals surface area (Å²) in [6, 6.07) is 2.48. The topological polar surface area (TPSA) is 311 Å². The van der Waals surface area contributed by atoms with Crippen molar-refractivity contribution in [3.05, 3.63) is 35.9 Å². The number of carboxylic acids is 1. The number of aliphatic carboxylic acids is 1. The SMILES string of the molecule is O=C(CCN1C(=O)C=CC1=O)N[C@@H](CS(=O)(=O)O)C(=O)NCCOCCOc1ccc(COC(=O)I)c(O[C@@H]2O[C@H](C(=O)O)[C@@H](O)[C@H](O)[C@H]2O)c1. The molecule has 0 aromatic heterocycles. The van der Waals surface area contributed by atoms with Crippen molar-refractivity contribution in [2.24, 2.45) is 0 Å². The van der Waals surface area contributed by atoms with E-state index in [1.807, 2.05) is 0 Å². The molecular formula is C28H34IN3O18S. The van der Waals surface area contributed by atoms with Gasteiger partial charge in [-0.3, -0.25) is 28.6 Å². The molecule has 2 aliphatic rings. The maximum atomic E-state index is 12.6. The van der Waals surface area contributed by atoms with Gasteiger partial charge in [0.2, 0.25) is 18.1 Å². The molecule has 0 radical (unpaired) electrons. The van der Waals surface area contributed by atoms with Gasteiger partial charge in [-0.05, 0) is 12.1 Å². The molecule has 0 bridgehead atoms. The maximum absolute atomic E-state index is 12.6. The number of ether oxygens (including phenoxy) is 5. The zero-order valence-corrected chi connectivity index (χ0v) is 29.3. The van der Waals surface area contributed by atoms with Crippen molar-refractivity contribution in [1.29, 1.82) is 0 Å². The molecule has 4 amide bonds. The Labute approximate surface area is 302 Å². The first-order valence-corrected chi connectivity index (χ1v) is 17.5. The van der Waals surface area contributed by atoms with Crippen LogP contribution in [0.15, 0.2) is 30.4 Å². The molecule has 0 saturated carbocycles. The molecule has 0 unspecified atom stereocenters. The maximum Gasteiger partial charge on any atom is 0.367 e. The molecule has 1 fully saturated rings. The van der Waals surface area contributed by atoms with E-state index in [4.69, 9.17) is 23.7 Å². The van der Waals surface area contributed by atoms with Crippen molar-refractivity contribution in [2.45, 2.75) is 49.8 Å². The molecule has 282 valence electrons. The van der Waals surface area contributed by atoms with Gasteiger partial charge in [0.1, 0.15) is 54.8 Å². The zero-order valence-electron chi connectivity index (χ0n) is 26.3. The second-order valence-corrected chi connectivity index (χ2v) is 13.1. The molecular weight excluding hydrogens is 825 g/mol. The number of benzene rings is 1. The number of hydrogen-bond acceptors (Lipinski definition) is 16. The van der Waals surface area contributed by atoms with Gasteiger partial charge in [-0.25, -0.2) is 9.59 Å². The summed E-state index contributed by atoms with van der Waals surface area (Å²) in [5.74, 6) is -5.81. The third-order valence-corrected chi connectivity index (χ3v) is 8.04. The van der Waals surface area contributed by atoms with Crippen molar-refractivity contribution in [1.82, 2.24) is 15.5 Å². The van der Waals surface area contributed by atoms with Crippen LogP contribution >= 0.6 is 22.6 Å². The molecule has 6 atom stereocenters. The molecule has 51 heavy (non-hydrogen) atoms. The van der Waals surface area contributed by atoms with Gasteiger partial charge in [0.15, 0.2) is 6.10 Å². The molecule has 0 spiro atoms. The third kappa shape index (κ3) is 12.9. The number of nitrogens with zero attached hydrogens (tertiary/aromatic N) is 1. The number of halogens is 1. The molecule has 0 aliphatic carbocycles. The molecule has 7 N–H and O–H groups in total. The Kier molecular flexibility index (Phi) is 15.5. The lowest BCUT2D eigenvalue weighted by atomic mass is 9.99. The number of aliphatic hydroxyl groups is 3. The van der Waals surface area contributed by atoms with Gasteiger partial charge in [-0.1, -0.05) is 0 Å². The van der Waals surface area contributed by atoms with Gasteiger partial charge in [-0.2, -0.15) is 8.42 Å². The predicted octanol–water partition coefficient (Wildman–Crippen LogP) is -2.77. The first kappa shape index (κ1) is 41.4. The fourth-order valence-corrected chi connectivity index (χ4v) is 5.29. The highest BCUT2D eigenvalue weighted by Crippen LogP contribution is 2.30. The van der Waals surface area contributed by atoms with Crippen LogP contribution < -0.4 is 20.1 Å². The van der Waals surface area contributed by atoms with Crippen LogP contribution in [0, 0.1) is 0 Å². The lowest BCUT2D eigenvalue weighted by Gasteiger charge is -2.38. The molecule has 1 saturated heterocycles. The summed E-state index contributed by atoms with van der Waals surface area (Å²) in [4.78, 5) is 71.6. The molecule has 2 heterocycles. The van der Waals surface area contributed by atoms with E-state index in [0.717, 1.165) is 17.1 Å². The fourth-order valence-electron chi connectivity index (χ4n) is 4.48. The van der Waals surface area contributed by atoms with E-state index in [0.29, 0.717) is 0 Å². The Hall–Kier alpha value is -3.98. The summed E-state index contributed by atoms with van der Waals surface area (Å²) in [6.07, 6.45) is -7.85. The van der Waals surface area contributed by atoms with Crippen molar-refractivity contribution in [3.63, 3.8) is 0 Å². The molecule has 21 nitrogen and oxygen atoms in total. The van der Waals surface area contributed by atoms with Crippen LogP contribution in [-0.2, 0) is 54.9 Å². The monoisotopic (exact) mass is 859 g/mol. The van der Waals surface area contributed by atoms with Crippen LogP contribution in [-0.4, -0.2) is 147 Å². The third-order valence-electron chi connectivity index (χ3n) is 6.97. The smallest absolute Gasteiger partial charge is 0.367 e. The number of aliphatic hydroxyl groups excluding tert-OH is 3. The minimum Gasteiger partial charge on any atom is -0.491 e. The Balaban J connectivity index is 1.49. The summed E-state index contributed by atoms with van der Waals surface area (Å²) in [5, 5.41) is 44.1. The molecule has 2 aliphatic heterocycles. The second-order valence-electron chi connectivity index (χ2n) is 10.7. The Morgan fingerprint density at radius 1 is 1.00 bits per heavy atom. The van der Waals surface area contributed by atoms with Crippen LogP contribution in [0.3, 0.4) is 0 Å². The average molecular weight is 860 g/mol. The van der Waals surface area contributed by atoms with Crippen LogP contribution in [0.4, 0.5) is 4.79 Å². The molecule has 1 aromatic carbocycles. The number of carbonyl (C=O) groups excluding carboxylic acids is 5. The van der Waals surface area contributed by atoms with E-state index >= 15 is 0 Å². The highest BCUT2D eigenvalue weighted by molar-refractivity contribution is 14.1. The number of carbonyl (C=O) groups is 6. The molecule has 1 aromatic rings. The average Bonchev–Trinajstić information content (AvgIpc) is 3.37. The highest BCUT2D eigenvalue weighted by atomic mass is 127. The van der Waals surface area contributed by atoms with E-state index in [1.54, 1.807) is 0 Å². The number of amides is 4. The number of hydrogen-bond donors (Lipinski definition) is 7. The normalized spacial score (nSPS) is 22.3. The van der Waals surface area contributed by atoms with E-state index in [1.165, 1.54) is 40.8 Å². The molecule has 23 heteroatoms. The summed E-state index contributed by atoms with van der Waals surface area (Å²) in [5.41, 5.74) is 0.236. The summed E-state index contributed by atoms with van der Waals surface area (Å²) < 4.78 is 58.1. The van der Waals surface area contributed by atoms with Crippen molar-refractivity contribution < 1.29 is 85.8 Å². The van der Waals surface area contributed by atoms with E-state index < -0.39 is 92.6 Å². The van der Waals surface area contributed by atoms with Gasteiger partial charge >= 0.3 is 9.95 Å². The Morgan fingerprint density at radius 2 is 1.69 bits per heavy atom. The van der Waals surface area contributed by atoms with Gasteiger partial charge in [0.05, 0.1) is 35.8 Å². The van der Waals surface area contributed by atoms with Crippen LogP contribution in [0.5, 0.6) is 11.5 Å². The van der Waals surface area contributed by atoms with Gasteiger partial charge < -0.3 is 54.7 Å². The summed E-state index contributed by atoms with van der Waals surface area (Å²) in [7, 11) is -4.71. The van der Waals surface area contributed by atoms with Gasteiger partial charge in [0.25, 0.3) is 21.9 Å². The Morgan fingerprint density at radius 3 is 2.31 bits per heavy atom. The number of rotatable bonds is 19. The minimum atomic E-state index is -4.71. The van der Waals surface area contributed by atoms with Crippen LogP contribution in [0.25, 0.3) is 0 Å². The van der Waals surface area contributed by atoms with Crippen molar-refractivity contribution in [3.8, 4) is 11.5 Å². The quantitative estimate of drug-likeness (QED) is 0.0243. The first-order chi connectivity index (χ1) is 24.0. The van der Waals surface area contributed by atoms with E-state index in [9.17, 15) is 62.2 Å². The highest BCUT2D eigenvalue weighted by Gasteiger charge is 2.48. The van der Waals surface area contributed by atoms with E-state index in [2.05, 4.69) is 10.6 Å². The van der Waals surface area contributed by atoms with Crippen molar-refractivity contribution in [2.75, 3.05) is 38.7 Å². The fraction of sp³-hybridized carbons (Fsp3) is 0.500. The summed E-state index contributed by atoms with van der Waals surface area (Å²) >= 11 is 1.39. The first-order valence-electron chi connectivity index (χ1n) is 14.8. The zero-order chi connectivity index (χ0) is 37.9. The van der Waals surface area contributed by atoms with Crippen LogP contribution in [0.1, 0.15) is 12.0 Å². The lowest BCUT2D eigenvalue weighted by Crippen LogP contribution is -2.61. The number of nitrogens with one attached hydrogen (secondary N) is 2. The van der Waals surface area contributed by atoms with E-state index in [-0.39, 0.29) is 56.6 Å². The standard InChI is InChI=1S/C28H34IN3O18S/c29-28(42)48-12-14-1-2-15(11-17(14)49-27-23(38)21(36)22(37)24(50-27)26(40)41)47-10-9-46-8-6-30-25(39)16(13-51(43,44)45)31-18(33)5-7-32-19(34)3-4-20(32)35/h1-4,11,16,21-24,27,36-38H,5-10,12-13H2,(H,30,39)(H,31,33)(H,40,41)(H,43,44,45)/t16-,21-,22-,23+,24-,27+/m0/s1. The van der Waals surface area contributed by atoms with Gasteiger partial charge in [-0.15, -0.1) is 0 Å². The van der Waals surface area contributed by atoms with Crippen molar-refractivity contribution >= 4 is 66.3 Å². The minimum absolute atomic E-state index is 0.0525. The molecule has 3 rings (SSSR count). The lowest BCUT2D eigenvalue weighted by molar-refractivity contribution is -0.271. The largest absolute Gasteiger partial charge is 0.491 e. The summed E-state index contributed by atoms with van der Waals surface area (Å²) in [6.45, 7) is -1.04.